The maximum atomic E-state index is 14.5. The molecule has 0 aromatic heterocycles. The summed E-state index contributed by atoms with van der Waals surface area (Å²) in [5.74, 6) is 1.33. The molecule has 0 radical (unpaired) electrons. The molecule has 65 heavy (non-hydrogen) atoms. The van der Waals surface area contributed by atoms with Crippen LogP contribution in [0.3, 0.4) is 0 Å². The van der Waals surface area contributed by atoms with E-state index in [-0.39, 0.29) is 33.9 Å². The summed E-state index contributed by atoms with van der Waals surface area (Å²) in [6, 6.07) is 36.5. The molecule has 4 unspecified atom stereocenters. The first-order chi connectivity index (χ1) is 31.2. The van der Waals surface area contributed by atoms with E-state index < -0.39 is 12.2 Å². The van der Waals surface area contributed by atoms with Crippen molar-refractivity contribution in [2.75, 3.05) is 17.4 Å². The van der Waals surface area contributed by atoms with Gasteiger partial charge in [-0.25, -0.2) is 0 Å². The average molecular weight is 893 g/mol. The molecule has 0 saturated carbocycles. The molecular formula is C53H60N6O5S. The number of benzene rings is 5. The number of anilines is 2. The van der Waals surface area contributed by atoms with Gasteiger partial charge >= 0.3 is 0 Å². The van der Waals surface area contributed by atoms with Crippen LogP contribution in [0.4, 0.5) is 11.4 Å². The molecule has 11 nitrogen and oxygen atoms in total. The van der Waals surface area contributed by atoms with Crippen LogP contribution in [0, 0.1) is 6.92 Å². The fourth-order valence-corrected chi connectivity index (χ4v) is 8.75. The number of methoxy groups -OCH3 is 1. The van der Waals surface area contributed by atoms with Gasteiger partial charge < -0.3 is 19.5 Å². The van der Waals surface area contributed by atoms with E-state index in [2.05, 4.69) is 87.4 Å². The summed E-state index contributed by atoms with van der Waals surface area (Å²) >= 11 is 1.56. The topological polar surface area (TPSA) is 127 Å². The summed E-state index contributed by atoms with van der Waals surface area (Å²) in [4.78, 5) is 28.4. The van der Waals surface area contributed by atoms with Crippen molar-refractivity contribution in [3.63, 3.8) is 0 Å². The number of hydrogen-bond donors (Lipinski definition) is 1. The highest BCUT2D eigenvalue weighted by Gasteiger charge is 2.40. The van der Waals surface area contributed by atoms with Crippen LogP contribution < -0.4 is 24.5 Å². The van der Waals surface area contributed by atoms with Gasteiger partial charge in [0.25, 0.3) is 11.8 Å². The molecule has 12 heteroatoms. The molecule has 5 aromatic rings. The van der Waals surface area contributed by atoms with Gasteiger partial charge in [0.2, 0.25) is 6.10 Å². The van der Waals surface area contributed by atoms with Crippen molar-refractivity contribution >= 4 is 45.7 Å². The Morgan fingerprint density at radius 2 is 1.54 bits per heavy atom. The van der Waals surface area contributed by atoms with Crippen molar-refractivity contribution in [1.82, 2.24) is 0 Å². The Bertz CT molecular complexity index is 2590. The Morgan fingerprint density at radius 3 is 2.20 bits per heavy atom. The number of hydrazone groups is 1. The number of rotatable bonds is 17. The molecule has 2 amide bonds. The number of nitrogens with zero attached hydrogens (tertiary/aromatic N) is 5. The van der Waals surface area contributed by atoms with E-state index in [4.69, 9.17) is 19.3 Å². The quantitative estimate of drug-likeness (QED) is 0.0990. The second-order valence-corrected chi connectivity index (χ2v) is 19.2. The van der Waals surface area contributed by atoms with Gasteiger partial charge in [0, 0.05) is 27.6 Å². The number of carbonyl (C=O) groups is 2. The molecule has 2 heterocycles. The number of amides is 2. The minimum absolute atomic E-state index is 0.0107. The number of carbonyl (C=O) groups excluding carboxylic acids is 2. The number of nitrogens with one attached hydrogen (secondary N) is 1. The summed E-state index contributed by atoms with van der Waals surface area (Å²) in [7, 11) is 1.61. The average Bonchev–Trinajstić information content (AvgIpc) is 3.92. The fourth-order valence-electron chi connectivity index (χ4n) is 7.68. The lowest BCUT2D eigenvalue weighted by molar-refractivity contribution is -0.123. The van der Waals surface area contributed by atoms with Crippen molar-refractivity contribution in [1.29, 1.82) is 0 Å². The number of thioether (sulfide) groups is 1. The van der Waals surface area contributed by atoms with Crippen LogP contribution in [-0.2, 0) is 20.4 Å². The SMILES string of the molecule is CCC(Oc1ccc(C(C)(C)CC)cc1C(C)(C)CC)C(=O)Nc1ccc(N2N=C(c3ccc(OC)cc3)C(Oc3ccc(C)cc3C(C)SC3=NN=NC3c3ccccc3)C2=O)cc1. The molecular weight excluding hydrogens is 833 g/mol. The molecule has 7 rings (SSSR count). The molecule has 0 aliphatic carbocycles. The second-order valence-electron chi connectivity index (χ2n) is 17.9. The third-order valence-corrected chi connectivity index (χ3v) is 13.8. The van der Waals surface area contributed by atoms with Crippen molar-refractivity contribution in [2.45, 2.75) is 116 Å². The Hall–Kier alpha value is -6.27. The molecule has 0 spiro atoms. The van der Waals surface area contributed by atoms with Crippen LogP contribution >= 0.6 is 11.8 Å². The first-order valence-electron chi connectivity index (χ1n) is 22.4. The molecule has 0 fully saturated rings. The summed E-state index contributed by atoms with van der Waals surface area (Å²) in [5.41, 5.74) is 7.39. The maximum absolute atomic E-state index is 14.5. The Balaban J connectivity index is 1.11. The molecule has 2 aliphatic rings. The first kappa shape index (κ1) is 46.7. The monoisotopic (exact) mass is 892 g/mol. The lowest BCUT2D eigenvalue weighted by Crippen LogP contribution is -2.37. The normalized spacial score (nSPS) is 17.1. The maximum Gasteiger partial charge on any atom is 0.294 e. The summed E-state index contributed by atoms with van der Waals surface area (Å²) < 4.78 is 18.7. The third kappa shape index (κ3) is 10.3. The van der Waals surface area contributed by atoms with E-state index >= 15 is 0 Å². The molecule has 0 saturated heterocycles. The van der Waals surface area contributed by atoms with Gasteiger partial charge in [-0.05, 0) is 121 Å². The van der Waals surface area contributed by atoms with E-state index in [9.17, 15) is 9.59 Å². The Kier molecular flexibility index (Phi) is 14.3. The highest BCUT2D eigenvalue weighted by molar-refractivity contribution is 8.14. The standard InChI is InChI=1S/C53H60N6O5S/c1-11-43(63-45-30-22-37(52(6,7)12-2)32-42(45)53(8,9)13-3)49(60)54-38-23-25-39(26-24-38)59-51(61)48(46(57-59)36-20-27-40(62-10)28-21-36)64-44-29-19-33(4)31-41(44)34(5)65-50-47(55-58-56-50)35-17-15-14-16-18-35/h14-32,34,43,47-48H,11-13H2,1-10H3,(H,54,60). The summed E-state index contributed by atoms with van der Waals surface area (Å²) in [6.07, 6.45) is 0.594. The zero-order valence-electron chi connectivity index (χ0n) is 39.1. The van der Waals surface area contributed by atoms with Gasteiger partial charge in [0.15, 0.2) is 6.10 Å². The van der Waals surface area contributed by atoms with E-state index in [1.165, 1.54) is 10.6 Å². The first-order valence-corrected chi connectivity index (χ1v) is 23.3. The predicted octanol–water partition coefficient (Wildman–Crippen LogP) is 12.7. The minimum Gasteiger partial charge on any atom is -0.497 e. The smallest absolute Gasteiger partial charge is 0.294 e. The Labute approximate surface area is 387 Å². The number of hydrogen-bond acceptors (Lipinski definition) is 10. The van der Waals surface area contributed by atoms with Crippen LogP contribution in [0.1, 0.15) is 119 Å². The molecule has 2 aliphatic heterocycles. The van der Waals surface area contributed by atoms with Crippen LogP contribution in [0.5, 0.6) is 17.2 Å². The van der Waals surface area contributed by atoms with Crippen molar-refractivity contribution in [3.05, 3.63) is 149 Å². The molecule has 4 atom stereocenters. The van der Waals surface area contributed by atoms with Crippen LogP contribution in [0.15, 0.2) is 136 Å². The summed E-state index contributed by atoms with van der Waals surface area (Å²) in [6.45, 7) is 19.4. The van der Waals surface area contributed by atoms with Gasteiger partial charge in [0.1, 0.15) is 34.0 Å². The lowest BCUT2D eigenvalue weighted by Gasteiger charge is -2.31. The predicted molar refractivity (Wildman–Crippen MR) is 263 cm³/mol. The molecule has 1 N–H and O–H groups in total. The highest BCUT2D eigenvalue weighted by Crippen LogP contribution is 2.43. The zero-order chi connectivity index (χ0) is 46.5. The van der Waals surface area contributed by atoms with E-state index in [1.54, 1.807) is 43.1 Å². The second kappa shape index (κ2) is 19.9. The van der Waals surface area contributed by atoms with Gasteiger partial charge in [-0.3, -0.25) is 9.59 Å². The molecule has 5 aromatic carbocycles. The van der Waals surface area contributed by atoms with E-state index in [1.807, 2.05) is 86.6 Å². The lowest BCUT2D eigenvalue weighted by atomic mass is 9.76. The van der Waals surface area contributed by atoms with Gasteiger partial charge in [0.05, 0.1) is 12.8 Å². The van der Waals surface area contributed by atoms with E-state index in [0.717, 1.165) is 45.9 Å². The number of ether oxygens (including phenoxy) is 3. The van der Waals surface area contributed by atoms with E-state index in [0.29, 0.717) is 40.6 Å². The third-order valence-electron chi connectivity index (χ3n) is 12.6. The Morgan fingerprint density at radius 1 is 0.846 bits per heavy atom. The highest BCUT2D eigenvalue weighted by atomic mass is 32.2. The number of aryl methyl sites for hydroxylation is 1. The van der Waals surface area contributed by atoms with Crippen molar-refractivity contribution in [3.8, 4) is 17.2 Å². The largest absolute Gasteiger partial charge is 0.497 e. The van der Waals surface area contributed by atoms with Gasteiger partial charge in [-0.15, -0.1) is 5.10 Å². The molecule has 0 bridgehead atoms. The minimum atomic E-state index is -1.07. The van der Waals surface area contributed by atoms with Crippen LogP contribution in [0.25, 0.3) is 0 Å². The zero-order valence-corrected chi connectivity index (χ0v) is 39.9. The van der Waals surface area contributed by atoms with Crippen LogP contribution in [-0.4, -0.2) is 41.9 Å². The van der Waals surface area contributed by atoms with Crippen molar-refractivity contribution < 1.29 is 23.8 Å². The van der Waals surface area contributed by atoms with Gasteiger partial charge in [-0.1, -0.05) is 120 Å². The fraction of sp³-hybridized carbons (Fsp3) is 0.358. The van der Waals surface area contributed by atoms with Crippen LogP contribution in [0.2, 0.25) is 0 Å². The van der Waals surface area contributed by atoms with Crippen molar-refractivity contribution in [2.24, 2.45) is 20.5 Å². The van der Waals surface area contributed by atoms with Gasteiger partial charge in [-0.2, -0.15) is 15.2 Å². The molecule has 338 valence electrons. The summed E-state index contributed by atoms with van der Waals surface area (Å²) in [5, 5.41) is 22.8.